The highest BCUT2D eigenvalue weighted by Crippen LogP contribution is 2.08. The summed E-state index contributed by atoms with van der Waals surface area (Å²) in [6.45, 7) is -0.00307. The summed E-state index contributed by atoms with van der Waals surface area (Å²) in [5.41, 5.74) is 0. The Morgan fingerprint density at radius 2 is 0.525 bits per heavy atom. The third-order valence-corrected chi connectivity index (χ3v) is 6.15. The van der Waals surface area contributed by atoms with Crippen LogP contribution in [0.3, 0.4) is 0 Å². The van der Waals surface area contributed by atoms with Crippen LogP contribution in [0.4, 0.5) is 0 Å². The highest BCUT2D eigenvalue weighted by Gasteiger charge is 2.23. The number of rotatable bonds is 5. The molecule has 0 radical (unpaired) electrons. The summed E-state index contributed by atoms with van der Waals surface area (Å²) in [6.07, 6.45) is 26.8. The van der Waals surface area contributed by atoms with Gasteiger partial charge in [0.05, 0.1) is 32.7 Å². The van der Waals surface area contributed by atoms with Crippen molar-refractivity contribution in [3.05, 3.63) is 0 Å². The fourth-order valence-electron chi connectivity index (χ4n) is 3.95. The number of hydrogen-bond acceptors (Lipinski definition) is 5. The van der Waals surface area contributed by atoms with Crippen LogP contribution in [0.2, 0.25) is 0 Å². The Bertz CT molecular complexity index is 934. The maximum atomic E-state index is 12.9. The molecule has 0 aliphatic carbocycles. The fraction of sp³-hybridized carbons (Fsp3) is 0.500. The molecule has 0 bridgehead atoms. The highest BCUT2D eigenvalue weighted by atomic mass is 16.2. The van der Waals surface area contributed by atoms with Crippen LogP contribution >= 0.6 is 0 Å². The van der Waals surface area contributed by atoms with Gasteiger partial charge < -0.3 is 24.5 Å². The van der Waals surface area contributed by atoms with E-state index in [-0.39, 0.29) is 127 Å². The van der Waals surface area contributed by atoms with Gasteiger partial charge in [-0.3, -0.25) is 24.0 Å². The van der Waals surface area contributed by atoms with Gasteiger partial charge in [-0.2, -0.15) is 0 Å². The lowest BCUT2D eigenvalue weighted by Gasteiger charge is -2.28. The van der Waals surface area contributed by atoms with E-state index in [4.69, 9.17) is 32.1 Å². The van der Waals surface area contributed by atoms with Gasteiger partial charge in [0.1, 0.15) is 0 Å². The van der Waals surface area contributed by atoms with E-state index in [0.29, 0.717) is 0 Å². The normalized spacial score (nSPS) is 17.4. The lowest BCUT2D eigenvalue weighted by Crippen LogP contribution is -2.43. The first-order valence-corrected chi connectivity index (χ1v) is 12.8. The van der Waals surface area contributed by atoms with Crippen molar-refractivity contribution in [2.75, 3.05) is 65.4 Å². The second-order valence-corrected chi connectivity index (χ2v) is 8.85. The highest BCUT2D eigenvalue weighted by molar-refractivity contribution is 5.83. The van der Waals surface area contributed by atoms with Gasteiger partial charge in [0.2, 0.25) is 29.5 Å². The Labute approximate surface area is 237 Å². The first-order chi connectivity index (χ1) is 19.2. The van der Waals surface area contributed by atoms with Crippen LogP contribution in [0.5, 0.6) is 0 Å². The zero-order chi connectivity index (χ0) is 29.9. The fourth-order valence-corrected chi connectivity index (χ4v) is 3.95. The van der Waals surface area contributed by atoms with Crippen LogP contribution in [-0.2, 0) is 24.0 Å². The van der Waals surface area contributed by atoms with Gasteiger partial charge >= 0.3 is 0 Å². The largest absolute Gasteiger partial charge is 0.331 e. The van der Waals surface area contributed by atoms with E-state index in [2.05, 4.69) is 29.6 Å². The molecule has 10 nitrogen and oxygen atoms in total. The first-order valence-electron chi connectivity index (χ1n) is 12.8. The third-order valence-electron chi connectivity index (χ3n) is 6.15. The Balaban J connectivity index is 3.27. The predicted molar refractivity (Wildman–Crippen MR) is 150 cm³/mol. The van der Waals surface area contributed by atoms with E-state index in [0.717, 1.165) is 0 Å². The molecule has 0 aromatic heterocycles. The summed E-state index contributed by atoms with van der Waals surface area (Å²) >= 11 is 0. The number of carbonyl (C=O) groups is 5. The van der Waals surface area contributed by atoms with Crippen molar-refractivity contribution >= 4 is 29.5 Å². The monoisotopic (exact) mass is 545 g/mol. The molecular formula is C30H35N5O5. The predicted octanol–water partition coefficient (Wildman–Crippen LogP) is -0.740. The van der Waals surface area contributed by atoms with E-state index in [1.165, 1.54) is 24.5 Å². The molecule has 1 rings (SSSR count). The van der Waals surface area contributed by atoms with Crippen molar-refractivity contribution in [3.63, 3.8) is 0 Å². The van der Waals surface area contributed by atoms with Gasteiger partial charge in [0, 0.05) is 64.8 Å². The molecule has 10 heteroatoms. The van der Waals surface area contributed by atoms with Crippen molar-refractivity contribution in [1.29, 1.82) is 0 Å². The van der Waals surface area contributed by atoms with Gasteiger partial charge in [-0.25, -0.2) is 0 Å². The van der Waals surface area contributed by atoms with Crippen LogP contribution in [0.25, 0.3) is 0 Å². The van der Waals surface area contributed by atoms with Crippen LogP contribution < -0.4 is 0 Å². The molecule has 1 aliphatic rings. The molecule has 0 aromatic carbocycles. The molecule has 40 heavy (non-hydrogen) atoms. The van der Waals surface area contributed by atoms with Crippen molar-refractivity contribution in [2.24, 2.45) is 0 Å². The Hall–Kier alpha value is -4.85. The van der Waals surface area contributed by atoms with Crippen LogP contribution in [0, 0.1) is 61.7 Å². The molecular weight excluding hydrogens is 510 g/mol. The van der Waals surface area contributed by atoms with Crippen molar-refractivity contribution in [2.45, 2.75) is 32.1 Å². The van der Waals surface area contributed by atoms with E-state index in [9.17, 15) is 24.0 Å². The minimum atomic E-state index is -0.359. The number of nitrogens with zero attached hydrogens (tertiary/aromatic N) is 5. The van der Waals surface area contributed by atoms with E-state index >= 15 is 0 Å². The zero-order valence-corrected chi connectivity index (χ0v) is 22.8. The van der Waals surface area contributed by atoms with Gasteiger partial charge in [0.25, 0.3) is 0 Å². The van der Waals surface area contributed by atoms with Crippen molar-refractivity contribution < 1.29 is 24.0 Å². The molecule has 1 fully saturated rings. The second kappa shape index (κ2) is 18.4. The average Bonchev–Trinajstić information content (AvgIpc) is 2.94. The molecule has 1 aliphatic heterocycles. The third kappa shape index (κ3) is 11.3. The van der Waals surface area contributed by atoms with Gasteiger partial charge in [-0.05, 0) is 0 Å². The molecule has 0 unspecified atom stereocenters. The van der Waals surface area contributed by atoms with Gasteiger partial charge in [-0.1, -0.05) is 29.6 Å². The number of amides is 5. The van der Waals surface area contributed by atoms with Crippen molar-refractivity contribution in [1.82, 2.24) is 24.5 Å². The maximum absolute atomic E-state index is 12.9. The molecule has 5 amide bonds. The summed E-state index contributed by atoms with van der Waals surface area (Å²) in [5.74, 6) is 10.2. The number of terminal acetylenes is 5. The van der Waals surface area contributed by atoms with Crippen LogP contribution in [0.1, 0.15) is 32.1 Å². The molecule has 1 saturated heterocycles. The minimum absolute atomic E-state index is 0.0341. The summed E-state index contributed by atoms with van der Waals surface area (Å²) in [5, 5.41) is 0. The quantitative estimate of drug-likeness (QED) is 0.424. The standard InChI is InChI=1S/C30H35N5O5/c1-6-16-31-21-11-27(37)33(18-8-3)23-13-29(39)35(20-10-5)25-15-30(40)34(19-9-4)24-14-28(38)32(17-7-2)22-12-26(31)36/h1-5H,11-25H2. The molecule has 0 saturated carbocycles. The van der Waals surface area contributed by atoms with Gasteiger partial charge in [-0.15, -0.1) is 32.1 Å². The second-order valence-electron chi connectivity index (χ2n) is 8.85. The smallest absolute Gasteiger partial charge is 0.225 e. The first kappa shape index (κ1) is 33.2. The topological polar surface area (TPSA) is 102 Å². The molecule has 0 spiro atoms. The summed E-state index contributed by atoms with van der Waals surface area (Å²) in [7, 11) is 0. The Morgan fingerprint density at radius 1 is 0.375 bits per heavy atom. The van der Waals surface area contributed by atoms with Crippen LogP contribution in [0.15, 0.2) is 0 Å². The average molecular weight is 546 g/mol. The summed E-state index contributed by atoms with van der Waals surface area (Å²) in [4.78, 5) is 71.3. The van der Waals surface area contributed by atoms with E-state index < -0.39 is 0 Å². The number of hydrogen-bond donors (Lipinski definition) is 0. The number of carbonyl (C=O) groups excluding carboxylic acids is 5. The summed E-state index contributed by atoms with van der Waals surface area (Å²) in [6, 6.07) is 0. The lowest BCUT2D eigenvalue weighted by molar-refractivity contribution is -0.135. The molecule has 0 N–H and O–H groups in total. The van der Waals surface area contributed by atoms with E-state index in [1.54, 1.807) is 0 Å². The molecule has 1 heterocycles. The molecule has 210 valence electrons. The zero-order valence-electron chi connectivity index (χ0n) is 22.8. The van der Waals surface area contributed by atoms with Gasteiger partial charge in [0.15, 0.2) is 0 Å². The lowest BCUT2D eigenvalue weighted by atomic mass is 10.2. The van der Waals surface area contributed by atoms with E-state index in [1.807, 2.05) is 0 Å². The maximum Gasteiger partial charge on any atom is 0.225 e. The van der Waals surface area contributed by atoms with Crippen LogP contribution in [-0.4, -0.2) is 119 Å². The Morgan fingerprint density at radius 3 is 0.650 bits per heavy atom. The summed E-state index contributed by atoms with van der Waals surface area (Å²) < 4.78 is 0. The SMILES string of the molecule is C#CCN1CCC(=O)N(CC#C)CCC(=O)N(CC#C)CCC(=O)N(CC#C)CCC(=O)N(CC#C)CCC1=O. The molecule has 0 atom stereocenters. The molecule has 0 aromatic rings. The minimum Gasteiger partial charge on any atom is -0.331 e. The van der Waals surface area contributed by atoms with Crippen molar-refractivity contribution in [3.8, 4) is 61.7 Å². The Kier molecular flexibility index (Phi) is 15.3.